The molecule has 0 saturated carbocycles. The Bertz CT molecular complexity index is 552. The number of carbonyl (C=O) groups excluding carboxylic acids is 1. The second kappa shape index (κ2) is 6.72. The quantitative estimate of drug-likeness (QED) is 0.874. The van der Waals surface area contributed by atoms with Crippen LogP contribution in [0.15, 0.2) is 51.6 Å². The third-order valence-electron chi connectivity index (χ3n) is 2.98. The van der Waals surface area contributed by atoms with E-state index in [1.54, 1.807) is 6.26 Å². The first-order valence-electron chi connectivity index (χ1n) is 6.42. The van der Waals surface area contributed by atoms with Gasteiger partial charge < -0.3 is 9.73 Å². The Balaban J connectivity index is 1.90. The van der Waals surface area contributed by atoms with E-state index in [9.17, 15) is 4.79 Å². The van der Waals surface area contributed by atoms with Gasteiger partial charge in [0, 0.05) is 10.2 Å². The van der Waals surface area contributed by atoms with Crippen molar-refractivity contribution in [1.29, 1.82) is 0 Å². The summed E-state index contributed by atoms with van der Waals surface area (Å²) < 4.78 is 6.29. The normalized spacial score (nSPS) is 13.8. The van der Waals surface area contributed by atoms with Gasteiger partial charge in [0.1, 0.15) is 5.76 Å². The zero-order valence-electron chi connectivity index (χ0n) is 11.4. The highest BCUT2D eigenvalue weighted by Gasteiger charge is 2.17. The lowest BCUT2D eigenvalue weighted by Gasteiger charge is -2.18. The van der Waals surface area contributed by atoms with E-state index >= 15 is 0 Å². The minimum atomic E-state index is -0.321. The van der Waals surface area contributed by atoms with Gasteiger partial charge >= 0.3 is 0 Å². The van der Waals surface area contributed by atoms with Crippen molar-refractivity contribution in [2.75, 3.05) is 5.32 Å². The van der Waals surface area contributed by atoms with Gasteiger partial charge in [0.25, 0.3) is 0 Å². The van der Waals surface area contributed by atoms with Gasteiger partial charge in [-0.15, -0.1) is 0 Å². The molecule has 1 aromatic heterocycles. The van der Waals surface area contributed by atoms with Crippen LogP contribution in [-0.2, 0) is 4.79 Å². The second-order valence-corrected chi connectivity index (χ2v) is 5.54. The van der Waals surface area contributed by atoms with Crippen LogP contribution in [0.1, 0.15) is 25.6 Å². The molecule has 4 nitrogen and oxygen atoms in total. The van der Waals surface area contributed by atoms with Crippen molar-refractivity contribution in [3.8, 4) is 0 Å². The number of halogens is 1. The van der Waals surface area contributed by atoms with Gasteiger partial charge in [-0.2, -0.15) is 0 Å². The second-order valence-electron chi connectivity index (χ2n) is 4.62. The minimum Gasteiger partial charge on any atom is -0.468 e. The van der Waals surface area contributed by atoms with E-state index in [1.165, 1.54) is 0 Å². The fourth-order valence-corrected chi connectivity index (χ4v) is 2.12. The van der Waals surface area contributed by atoms with E-state index in [0.717, 1.165) is 15.9 Å². The summed E-state index contributed by atoms with van der Waals surface area (Å²) in [6.07, 6.45) is 1.63. The molecule has 106 valence electrons. The maximum absolute atomic E-state index is 12.1. The maximum atomic E-state index is 12.1. The monoisotopic (exact) mass is 336 g/mol. The van der Waals surface area contributed by atoms with Gasteiger partial charge in [0.2, 0.25) is 5.91 Å². The molecule has 0 bridgehead atoms. The van der Waals surface area contributed by atoms with Crippen molar-refractivity contribution < 1.29 is 9.21 Å². The van der Waals surface area contributed by atoms with E-state index in [0.29, 0.717) is 0 Å². The molecule has 2 atom stereocenters. The van der Waals surface area contributed by atoms with Crippen molar-refractivity contribution in [1.82, 2.24) is 5.32 Å². The molecule has 5 heteroatoms. The Kier molecular flexibility index (Phi) is 4.98. The molecule has 1 heterocycles. The van der Waals surface area contributed by atoms with Crippen LogP contribution in [0, 0.1) is 0 Å². The highest BCUT2D eigenvalue weighted by atomic mass is 79.9. The van der Waals surface area contributed by atoms with Gasteiger partial charge in [0.15, 0.2) is 0 Å². The van der Waals surface area contributed by atoms with Crippen LogP contribution in [0.25, 0.3) is 0 Å². The van der Waals surface area contributed by atoms with E-state index in [2.05, 4.69) is 26.6 Å². The Morgan fingerprint density at radius 3 is 2.50 bits per heavy atom. The van der Waals surface area contributed by atoms with E-state index in [-0.39, 0.29) is 18.0 Å². The van der Waals surface area contributed by atoms with Gasteiger partial charge in [-0.25, -0.2) is 0 Å². The first kappa shape index (κ1) is 14.8. The van der Waals surface area contributed by atoms with Gasteiger partial charge in [-0.1, -0.05) is 15.9 Å². The SMILES string of the molecule is C[C@@H](N[C@H](C)c1ccco1)C(=O)Nc1ccc(Br)cc1. The maximum Gasteiger partial charge on any atom is 0.241 e. The predicted molar refractivity (Wildman–Crippen MR) is 82.5 cm³/mol. The summed E-state index contributed by atoms with van der Waals surface area (Å²) in [5.74, 6) is 0.735. The molecule has 0 aliphatic rings. The van der Waals surface area contributed by atoms with E-state index < -0.39 is 0 Å². The van der Waals surface area contributed by atoms with Crippen LogP contribution < -0.4 is 10.6 Å². The Labute approximate surface area is 126 Å². The fourth-order valence-electron chi connectivity index (χ4n) is 1.85. The van der Waals surface area contributed by atoms with Crippen LogP contribution >= 0.6 is 15.9 Å². The van der Waals surface area contributed by atoms with Gasteiger partial charge in [-0.05, 0) is 50.2 Å². The third-order valence-corrected chi connectivity index (χ3v) is 3.50. The van der Waals surface area contributed by atoms with Crippen molar-refractivity contribution in [2.24, 2.45) is 0 Å². The minimum absolute atomic E-state index is 0.0179. The molecule has 2 N–H and O–H groups in total. The van der Waals surface area contributed by atoms with Crippen LogP contribution in [-0.4, -0.2) is 11.9 Å². The van der Waals surface area contributed by atoms with Gasteiger partial charge in [0.05, 0.1) is 18.3 Å². The lowest BCUT2D eigenvalue weighted by molar-refractivity contribution is -0.118. The molecule has 0 aliphatic heterocycles. The van der Waals surface area contributed by atoms with Crippen LogP contribution in [0.5, 0.6) is 0 Å². The van der Waals surface area contributed by atoms with Gasteiger partial charge in [-0.3, -0.25) is 10.1 Å². The molecular formula is C15H17BrN2O2. The number of furan rings is 1. The zero-order valence-corrected chi connectivity index (χ0v) is 13.0. The van der Waals surface area contributed by atoms with Crippen LogP contribution in [0.4, 0.5) is 5.69 Å². The Hall–Kier alpha value is -1.59. The molecule has 0 unspecified atom stereocenters. The van der Waals surface area contributed by atoms with E-state index in [1.807, 2.05) is 50.2 Å². The number of amides is 1. The number of nitrogens with one attached hydrogen (secondary N) is 2. The summed E-state index contributed by atoms with van der Waals surface area (Å²) >= 11 is 3.36. The Morgan fingerprint density at radius 2 is 1.90 bits per heavy atom. The van der Waals surface area contributed by atoms with E-state index in [4.69, 9.17) is 4.42 Å². The van der Waals surface area contributed by atoms with Crippen molar-refractivity contribution in [3.63, 3.8) is 0 Å². The molecule has 2 rings (SSSR count). The summed E-state index contributed by atoms with van der Waals surface area (Å²) in [6.45, 7) is 3.79. The summed E-state index contributed by atoms with van der Waals surface area (Å²) in [5.41, 5.74) is 0.775. The summed E-state index contributed by atoms with van der Waals surface area (Å²) in [5, 5.41) is 6.07. The fraction of sp³-hybridized carbons (Fsp3) is 0.267. The lowest BCUT2D eigenvalue weighted by Crippen LogP contribution is -2.39. The smallest absolute Gasteiger partial charge is 0.241 e. The average Bonchev–Trinajstić information content (AvgIpc) is 2.95. The number of carbonyl (C=O) groups is 1. The van der Waals surface area contributed by atoms with Crippen molar-refractivity contribution in [3.05, 3.63) is 52.9 Å². The molecule has 2 aromatic rings. The summed E-state index contributed by atoms with van der Waals surface area (Å²) in [4.78, 5) is 12.1. The Morgan fingerprint density at radius 1 is 1.20 bits per heavy atom. The van der Waals surface area contributed by atoms with Crippen LogP contribution in [0.2, 0.25) is 0 Å². The summed E-state index contributed by atoms with van der Waals surface area (Å²) in [6, 6.07) is 10.9. The van der Waals surface area contributed by atoms with Crippen molar-refractivity contribution in [2.45, 2.75) is 25.9 Å². The molecule has 0 aliphatic carbocycles. The average molecular weight is 337 g/mol. The summed E-state index contributed by atoms with van der Waals surface area (Å²) in [7, 11) is 0. The number of rotatable bonds is 5. The topological polar surface area (TPSA) is 54.3 Å². The third kappa shape index (κ3) is 3.95. The standard InChI is InChI=1S/C15H17BrN2O2/c1-10(14-4-3-9-20-14)17-11(2)15(19)18-13-7-5-12(16)6-8-13/h3-11,17H,1-2H3,(H,18,19)/t10-,11-/m1/s1. The largest absolute Gasteiger partial charge is 0.468 e. The first-order valence-corrected chi connectivity index (χ1v) is 7.21. The highest BCUT2D eigenvalue weighted by Crippen LogP contribution is 2.15. The molecule has 1 aromatic carbocycles. The molecule has 0 spiro atoms. The molecule has 0 radical (unpaired) electrons. The molecule has 20 heavy (non-hydrogen) atoms. The molecule has 0 fully saturated rings. The lowest BCUT2D eigenvalue weighted by atomic mass is 10.2. The first-order chi connectivity index (χ1) is 9.56. The molecule has 1 amide bonds. The van der Waals surface area contributed by atoms with Crippen LogP contribution in [0.3, 0.4) is 0 Å². The molecule has 0 saturated heterocycles. The zero-order chi connectivity index (χ0) is 14.5. The highest BCUT2D eigenvalue weighted by molar-refractivity contribution is 9.10. The number of anilines is 1. The number of hydrogen-bond acceptors (Lipinski definition) is 3. The number of hydrogen-bond donors (Lipinski definition) is 2. The number of benzene rings is 1. The predicted octanol–water partition coefficient (Wildman–Crippen LogP) is 3.72. The molecular weight excluding hydrogens is 320 g/mol. The van der Waals surface area contributed by atoms with Crippen molar-refractivity contribution >= 4 is 27.5 Å².